The van der Waals surface area contributed by atoms with Crippen LogP contribution in [0.25, 0.3) is 10.9 Å². The highest BCUT2D eigenvalue weighted by Crippen LogP contribution is 2.20. The summed E-state index contributed by atoms with van der Waals surface area (Å²) in [6.07, 6.45) is 1.72. The Morgan fingerprint density at radius 3 is 2.52 bits per heavy atom. The van der Waals surface area contributed by atoms with Gasteiger partial charge in [0.15, 0.2) is 0 Å². The molecule has 5 nitrogen and oxygen atoms in total. The number of aromatic nitrogens is 1. The van der Waals surface area contributed by atoms with Crippen molar-refractivity contribution < 1.29 is 9.59 Å². The van der Waals surface area contributed by atoms with E-state index in [1.54, 1.807) is 38.5 Å². The van der Waals surface area contributed by atoms with Gasteiger partial charge in [-0.1, -0.05) is 12.1 Å². The van der Waals surface area contributed by atoms with Crippen molar-refractivity contribution in [3.63, 3.8) is 0 Å². The number of fused-ring (bicyclic) bond motifs is 1. The molecule has 1 aromatic heterocycles. The number of amides is 2. The molecule has 1 N–H and O–H groups in total. The standard InChI is InChI=1S/C20H19N3O2/c1-13-6-7-16(20(25)23(2)3)12-18(13)22-19(24)15-8-9-17-14(11-15)5-4-10-21-17/h4-12H,1-3H3,(H,22,24). The van der Waals surface area contributed by atoms with Gasteiger partial charge < -0.3 is 10.2 Å². The van der Waals surface area contributed by atoms with Crippen molar-refractivity contribution in [1.82, 2.24) is 9.88 Å². The molecule has 0 unspecified atom stereocenters. The quantitative estimate of drug-likeness (QED) is 0.798. The molecular formula is C20H19N3O2. The van der Waals surface area contributed by atoms with Gasteiger partial charge in [0.2, 0.25) is 0 Å². The molecule has 0 spiro atoms. The SMILES string of the molecule is Cc1ccc(C(=O)N(C)C)cc1NC(=O)c1ccc2ncccc2c1. The minimum Gasteiger partial charge on any atom is -0.345 e. The van der Waals surface area contributed by atoms with Crippen LogP contribution in [0.4, 0.5) is 5.69 Å². The van der Waals surface area contributed by atoms with E-state index < -0.39 is 0 Å². The van der Waals surface area contributed by atoms with Gasteiger partial charge in [0, 0.05) is 42.5 Å². The van der Waals surface area contributed by atoms with E-state index >= 15 is 0 Å². The summed E-state index contributed by atoms with van der Waals surface area (Å²) in [7, 11) is 3.40. The molecule has 2 amide bonds. The summed E-state index contributed by atoms with van der Waals surface area (Å²) in [5, 5.41) is 3.80. The minimum absolute atomic E-state index is 0.104. The number of aryl methyl sites for hydroxylation is 1. The maximum Gasteiger partial charge on any atom is 0.255 e. The number of rotatable bonds is 3. The van der Waals surface area contributed by atoms with Crippen LogP contribution in [-0.2, 0) is 0 Å². The molecular weight excluding hydrogens is 314 g/mol. The summed E-state index contributed by atoms with van der Waals surface area (Å²) < 4.78 is 0. The van der Waals surface area contributed by atoms with Crippen LogP contribution in [0.15, 0.2) is 54.7 Å². The second kappa shape index (κ2) is 6.73. The van der Waals surface area contributed by atoms with Crippen LogP contribution < -0.4 is 5.32 Å². The zero-order valence-corrected chi connectivity index (χ0v) is 14.4. The number of nitrogens with one attached hydrogen (secondary N) is 1. The Morgan fingerprint density at radius 1 is 1.00 bits per heavy atom. The van der Waals surface area contributed by atoms with Gasteiger partial charge in [0.05, 0.1) is 5.52 Å². The number of pyridine rings is 1. The lowest BCUT2D eigenvalue weighted by molar-refractivity contribution is 0.0827. The monoisotopic (exact) mass is 333 g/mol. The molecule has 0 atom stereocenters. The first kappa shape index (κ1) is 16.6. The molecule has 0 bridgehead atoms. The number of benzene rings is 2. The second-order valence-electron chi connectivity index (χ2n) is 6.09. The van der Waals surface area contributed by atoms with Gasteiger partial charge >= 0.3 is 0 Å². The van der Waals surface area contributed by atoms with Gasteiger partial charge in [-0.15, -0.1) is 0 Å². The average molecular weight is 333 g/mol. The van der Waals surface area contributed by atoms with Gasteiger partial charge in [0.1, 0.15) is 0 Å². The van der Waals surface area contributed by atoms with E-state index in [9.17, 15) is 9.59 Å². The second-order valence-corrected chi connectivity index (χ2v) is 6.09. The molecule has 5 heteroatoms. The van der Waals surface area contributed by atoms with Gasteiger partial charge in [-0.25, -0.2) is 0 Å². The summed E-state index contributed by atoms with van der Waals surface area (Å²) in [6, 6.07) is 14.4. The van der Waals surface area contributed by atoms with E-state index in [1.165, 1.54) is 4.90 Å². The number of anilines is 1. The van der Waals surface area contributed by atoms with E-state index in [4.69, 9.17) is 0 Å². The van der Waals surface area contributed by atoms with Crippen LogP contribution >= 0.6 is 0 Å². The van der Waals surface area contributed by atoms with E-state index in [-0.39, 0.29) is 11.8 Å². The summed E-state index contributed by atoms with van der Waals surface area (Å²) >= 11 is 0. The first-order valence-corrected chi connectivity index (χ1v) is 7.94. The first-order valence-electron chi connectivity index (χ1n) is 7.94. The Morgan fingerprint density at radius 2 is 1.76 bits per heavy atom. The van der Waals surface area contributed by atoms with E-state index in [1.807, 2.05) is 37.3 Å². The lowest BCUT2D eigenvalue weighted by Crippen LogP contribution is -2.22. The average Bonchev–Trinajstić information content (AvgIpc) is 2.62. The third-order valence-corrected chi connectivity index (χ3v) is 4.00. The molecule has 0 aliphatic carbocycles. The van der Waals surface area contributed by atoms with Crippen molar-refractivity contribution in [1.29, 1.82) is 0 Å². The van der Waals surface area contributed by atoms with Gasteiger partial charge in [-0.3, -0.25) is 14.6 Å². The molecule has 2 aromatic carbocycles. The van der Waals surface area contributed by atoms with E-state index in [0.29, 0.717) is 16.8 Å². The van der Waals surface area contributed by atoms with Crippen LogP contribution in [0, 0.1) is 6.92 Å². The molecule has 0 saturated carbocycles. The summed E-state index contributed by atoms with van der Waals surface area (Å²) in [6.45, 7) is 1.89. The summed E-state index contributed by atoms with van der Waals surface area (Å²) in [5.41, 5.74) is 3.45. The zero-order chi connectivity index (χ0) is 18.0. The van der Waals surface area contributed by atoms with Crippen molar-refractivity contribution in [2.75, 3.05) is 19.4 Å². The van der Waals surface area contributed by atoms with E-state index in [2.05, 4.69) is 10.3 Å². The van der Waals surface area contributed by atoms with Crippen LogP contribution in [0.2, 0.25) is 0 Å². The molecule has 0 radical (unpaired) electrons. The molecule has 0 saturated heterocycles. The molecule has 0 aliphatic rings. The van der Waals surface area contributed by atoms with Gasteiger partial charge in [-0.05, 0) is 48.9 Å². The smallest absolute Gasteiger partial charge is 0.255 e. The Hall–Kier alpha value is -3.21. The molecule has 25 heavy (non-hydrogen) atoms. The van der Waals surface area contributed by atoms with Crippen LogP contribution in [0.5, 0.6) is 0 Å². The fourth-order valence-electron chi connectivity index (χ4n) is 2.56. The summed E-state index contributed by atoms with van der Waals surface area (Å²) in [5.74, 6) is -0.324. The Kier molecular flexibility index (Phi) is 4.48. The van der Waals surface area contributed by atoms with Gasteiger partial charge in [-0.2, -0.15) is 0 Å². The van der Waals surface area contributed by atoms with Crippen molar-refractivity contribution in [3.8, 4) is 0 Å². The number of hydrogen-bond acceptors (Lipinski definition) is 3. The maximum atomic E-state index is 12.6. The molecule has 126 valence electrons. The Labute approximate surface area is 146 Å². The molecule has 1 heterocycles. The summed E-state index contributed by atoms with van der Waals surface area (Å²) in [4.78, 5) is 30.5. The third-order valence-electron chi connectivity index (χ3n) is 4.00. The highest BCUT2D eigenvalue weighted by atomic mass is 16.2. The highest BCUT2D eigenvalue weighted by molar-refractivity contribution is 6.07. The first-order chi connectivity index (χ1) is 12.0. The predicted octanol–water partition coefficient (Wildman–Crippen LogP) is 3.50. The normalized spacial score (nSPS) is 10.5. The van der Waals surface area contributed by atoms with Crippen LogP contribution in [0.1, 0.15) is 26.3 Å². The topological polar surface area (TPSA) is 62.3 Å². The number of nitrogens with zero attached hydrogens (tertiary/aromatic N) is 2. The van der Waals surface area contributed by atoms with Gasteiger partial charge in [0.25, 0.3) is 11.8 Å². The molecule has 0 fully saturated rings. The number of carbonyl (C=O) groups excluding carboxylic acids is 2. The molecule has 3 rings (SSSR count). The molecule has 0 aliphatic heterocycles. The minimum atomic E-state index is -0.219. The molecule has 3 aromatic rings. The zero-order valence-electron chi connectivity index (χ0n) is 14.4. The predicted molar refractivity (Wildman–Crippen MR) is 98.9 cm³/mol. The van der Waals surface area contributed by atoms with Crippen molar-refractivity contribution in [2.45, 2.75) is 6.92 Å². The number of carbonyl (C=O) groups is 2. The third kappa shape index (κ3) is 3.50. The maximum absolute atomic E-state index is 12.6. The lowest BCUT2D eigenvalue weighted by atomic mass is 10.1. The fraction of sp³-hybridized carbons (Fsp3) is 0.150. The fourth-order valence-corrected chi connectivity index (χ4v) is 2.56. The highest BCUT2D eigenvalue weighted by Gasteiger charge is 2.13. The number of hydrogen-bond donors (Lipinski definition) is 1. The lowest BCUT2D eigenvalue weighted by Gasteiger charge is -2.14. The largest absolute Gasteiger partial charge is 0.345 e. The van der Waals surface area contributed by atoms with E-state index in [0.717, 1.165) is 16.5 Å². The Balaban J connectivity index is 1.89. The van der Waals surface area contributed by atoms with Crippen molar-refractivity contribution >= 4 is 28.4 Å². The van der Waals surface area contributed by atoms with Crippen molar-refractivity contribution in [3.05, 3.63) is 71.4 Å². The van der Waals surface area contributed by atoms with Crippen molar-refractivity contribution in [2.24, 2.45) is 0 Å². The Bertz CT molecular complexity index is 964. The van der Waals surface area contributed by atoms with Crippen LogP contribution in [-0.4, -0.2) is 35.8 Å². The van der Waals surface area contributed by atoms with Crippen LogP contribution in [0.3, 0.4) is 0 Å².